The van der Waals surface area contributed by atoms with E-state index >= 15 is 0 Å². The third kappa shape index (κ3) is 7.81. The van der Waals surface area contributed by atoms with E-state index in [0.717, 1.165) is 27.6 Å². The highest BCUT2D eigenvalue weighted by molar-refractivity contribution is 7.14. The molecule has 5 aromatic rings. The summed E-state index contributed by atoms with van der Waals surface area (Å²) in [4.78, 5) is 29.7. The van der Waals surface area contributed by atoms with Crippen molar-refractivity contribution in [3.63, 3.8) is 0 Å². The Balaban J connectivity index is 1.16. The molecule has 0 bridgehead atoms. The monoisotopic (exact) mass is 595 g/mol. The normalized spacial score (nSPS) is 10.8. The number of aromatic nitrogens is 1. The molecular formula is C32H26ClN5O3S. The molecule has 8 nitrogen and oxygen atoms in total. The van der Waals surface area contributed by atoms with Crippen molar-refractivity contribution >= 4 is 57.5 Å². The van der Waals surface area contributed by atoms with Crippen molar-refractivity contribution in [1.82, 2.24) is 10.4 Å². The zero-order chi connectivity index (χ0) is 29.3. The number of benzene rings is 4. The van der Waals surface area contributed by atoms with Crippen LogP contribution in [-0.2, 0) is 4.79 Å². The average molecular weight is 596 g/mol. The third-order valence-electron chi connectivity index (χ3n) is 6.01. The van der Waals surface area contributed by atoms with Crippen molar-refractivity contribution < 1.29 is 14.3 Å². The van der Waals surface area contributed by atoms with Crippen LogP contribution in [0.1, 0.15) is 21.5 Å². The summed E-state index contributed by atoms with van der Waals surface area (Å²) in [5.74, 6) is -0.301. The van der Waals surface area contributed by atoms with Gasteiger partial charge in [-0.25, -0.2) is 10.4 Å². The molecule has 2 amide bonds. The lowest BCUT2D eigenvalue weighted by Gasteiger charge is -2.10. The first-order valence-corrected chi connectivity index (χ1v) is 14.2. The SMILES string of the molecule is Cc1ccc(NC(=O)COc2ccc(Cl)cc2/C=N/NC(=O)c2ccc(-c3csc(Nc4ccccc4)n3)cc2)cc1. The zero-order valence-electron chi connectivity index (χ0n) is 22.5. The second kappa shape index (κ2) is 13.6. The van der Waals surface area contributed by atoms with Crippen LogP contribution in [0.5, 0.6) is 5.75 Å². The second-order valence-electron chi connectivity index (χ2n) is 9.19. The highest BCUT2D eigenvalue weighted by Gasteiger charge is 2.10. The minimum absolute atomic E-state index is 0.210. The van der Waals surface area contributed by atoms with Gasteiger partial charge in [0, 0.05) is 38.5 Å². The highest BCUT2D eigenvalue weighted by atomic mass is 35.5. The Bertz CT molecular complexity index is 1700. The molecule has 0 radical (unpaired) electrons. The van der Waals surface area contributed by atoms with Crippen LogP contribution in [0.3, 0.4) is 0 Å². The van der Waals surface area contributed by atoms with Gasteiger partial charge in [0.1, 0.15) is 5.75 Å². The average Bonchev–Trinajstić information content (AvgIpc) is 3.47. The number of amides is 2. The van der Waals surface area contributed by atoms with E-state index in [2.05, 4.69) is 26.1 Å². The van der Waals surface area contributed by atoms with Crippen molar-refractivity contribution in [2.45, 2.75) is 6.92 Å². The number of hydrazone groups is 1. The summed E-state index contributed by atoms with van der Waals surface area (Å²) < 4.78 is 5.70. The fourth-order valence-electron chi connectivity index (χ4n) is 3.85. The number of hydrogen-bond donors (Lipinski definition) is 3. The fourth-order valence-corrected chi connectivity index (χ4v) is 4.78. The number of aryl methyl sites for hydroxylation is 1. The lowest BCUT2D eigenvalue weighted by Crippen LogP contribution is -2.20. The van der Waals surface area contributed by atoms with Crippen LogP contribution in [0.4, 0.5) is 16.5 Å². The molecule has 42 heavy (non-hydrogen) atoms. The van der Waals surface area contributed by atoms with Gasteiger partial charge in [-0.2, -0.15) is 5.10 Å². The van der Waals surface area contributed by atoms with Gasteiger partial charge < -0.3 is 15.4 Å². The van der Waals surface area contributed by atoms with Crippen LogP contribution in [0.2, 0.25) is 5.02 Å². The van der Waals surface area contributed by atoms with Gasteiger partial charge in [0.2, 0.25) is 0 Å². The molecule has 0 atom stereocenters. The largest absolute Gasteiger partial charge is 0.483 e. The lowest BCUT2D eigenvalue weighted by molar-refractivity contribution is -0.118. The van der Waals surface area contributed by atoms with Crippen LogP contribution >= 0.6 is 22.9 Å². The highest BCUT2D eigenvalue weighted by Crippen LogP contribution is 2.27. The van der Waals surface area contributed by atoms with Crippen molar-refractivity contribution in [1.29, 1.82) is 0 Å². The fraction of sp³-hybridized carbons (Fsp3) is 0.0625. The first-order chi connectivity index (χ1) is 20.4. The Hall–Kier alpha value is -4.99. The van der Waals surface area contributed by atoms with E-state index in [1.807, 2.05) is 79.0 Å². The number of carbonyl (C=O) groups excluding carboxylic acids is 2. The molecular weight excluding hydrogens is 570 g/mol. The van der Waals surface area contributed by atoms with Gasteiger partial charge in [-0.1, -0.05) is 59.6 Å². The van der Waals surface area contributed by atoms with Crippen LogP contribution in [0.25, 0.3) is 11.3 Å². The smallest absolute Gasteiger partial charge is 0.271 e. The second-order valence-corrected chi connectivity index (χ2v) is 10.5. The number of thiazole rings is 1. The van der Waals surface area contributed by atoms with Crippen LogP contribution in [-0.4, -0.2) is 29.6 Å². The van der Waals surface area contributed by atoms with Gasteiger partial charge in [-0.3, -0.25) is 9.59 Å². The minimum atomic E-state index is -0.385. The molecule has 0 saturated heterocycles. The lowest BCUT2D eigenvalue weighted by atomic mass is 10.1. The third-order valence-corrected chi connectivity index (χ3v) is 7.00. The van der Waals surface area contributed by atoms with Gasteiger partial charge >= 0.3 is 0 Å². The van der Waals surface area contributed by atoms with E-state index in [-0.39, 0.29) is 18.4 Å². The molecule has 3 N–H and O–H groups in total. The van der Waals surface area contributed by atoms with Gasteiger partial charge in [0.05, 0.1) is 11.9 Å². The number of ether oxygens (including phenoxy) is 1. The first kappa shape index (κ1) is 28.5. The molecule has 210 valence electrons. The van der Waals surface area contributed by atoms with E-state index in [4.69, 9.17) is 16.3 Å². The number of para-hydroxylation sites is 1. The van der Waals surface area contributed by atoms with Crippen molar-refractivity contribution in [2.75, 3.05) is 17.2 Å². The summed E-state index contributed by atoms with van der Waals surface area (Å²) in [6.07, 6.45) is 1.42. The Morgan fingerprint density at radius 2 is 1.71 bits per heavy atom. The summed E-state index contributed by atoms with van der Waals surface area (Å²) in [6.45, 7) is 1.76. The molecule has 0 spiro atoms. The number of hydrogen-bond acceptors (Lipinski definition) is 7. The standard InChI is InChI=1S/C32H26ClN5O3S/c1-21-7-14-27(15-8-21)35-30(39)19-41-29-16-13-25(33)17-24(29)18-34-38-31(40)23-11-9-22(10-12-23)28-20-42-32(37-28)36-26-5-3-2-4-6-26/h2-18,20H,19H2,1H3,(H,35,39)(H,36,37)(H,38,40)/b34-18+. The molecule has 1 heterocycles. The number of nitrogens with one attached hydrogen (secondary N) is 3. The Morgan fingerprint density at radius 1 is 0.952 bits per heavy atom. The van der Waals surface area contributed by atoms with E-state index in [9.17, 15) is 9.59 Å². The summed E-state index contributed by atoms with van der Waals surface area (Å²) in [6, 6.07) is 29.3. The molecule has 0 aliphatic heterocycles. The maximum Gasteiger partial charge on any atom is 0.271 e. The summed E-state index contributed by atoms with van der Waals surface area (Å²) >= 11 is 7.66. The van der Waals surface area contributed by atoms with Crippen molar-refractivity contribution in [3.05, 3.63) is 124 Å². The number of nitrogens with zero attached hydrogens (tertiary/aromatic N) is 2. The molecule has 0 unspecified atom stereocenters. The number of anilines is 3. The molecule has 4 aromatic carbocycles. The topological polar surface area (TPSA) is 105 Å². The molecule has 0 aliphatic carbocycles. The molecule has 10 heteroatoms. The Morgan fingerprint density at radius 3 is 2.48 bits per heavy atom. The maximum atomic E-state index is 12.7. The number of rotatable bonds is 10. The molecule has 1 aromatic heterocycles. The summed E-state index contributed by atoms with van der Waals surface area (Å²) in [5, 5.41) is 13.3. The zero-order valence-corrected chi connectivity index (χ0v) is 24.1. The van der Waals surface area contributed by atoms with Crippen molar-refractivity contribution in [3.8, 4) is 17.0 Å². The predicted molar refractivity (Wildman–Crippen MR) is 169 cm³/mol. The first-order valence-electron chi connectivity index (χ1n) is 12.9. The summed E-state index contributed by atoms with van der Waals surface area (Å²) in [5.41, 5.74) is 7.89. The number of carbonyl (C=O) groups is 2. The Labute approximate surface area is 252 Å². The van der Waals surface area contributed by atoms with E-state index in [1.165, 1.54) is 17.6 Å². The quantitative estimate of drug-likeness (QED) is 0.116. The van der Waals surface area contributed by atoms with Crippen LogP contribution < -0.4 is 20.8 Å². The van der Waals surface area contributed by atoms with E-state index in [0.29, 0.717) is 27.6 Å². The van der Waals surface area contributed by atoms with Gasteiger partial charge in [0.15, 0.2) is 11.7 Å². The summed E-state index contributed by atoms with van der Waals surface area (Å²) in [7, 11) is 0. The number of halogens is 1. The van der Waals surface area contributed by atoms with Crippen LogP contribution in [0, 0.1) is 6.92 Å². The van der Waals surface area contributed by atoms with Crippen LogP contribution in [0.15, 0.2) is 108 Å². The van der Waals surface area contributed by atoms with E-state index < -0.39 is 0 Å². The van der Waals surface area contributed by atoms with Gasteiger partial charge in [-0.05, 0) is 61.5 Å². The van der Waals surface area contributed by atoms with Crippen molar-refractivity contribution in [2.24, 2.45) is 5.10 Å². The predicted octanol–water partition coefficient (Wildman–Crippen LogP) is 7.30. The van der Waals surface area contributed by atoms with Gasteiger partial charge in [-0.15, -0.1) is 11.3 Å². The molecule has 0 saturated carbocycles. The van der Waals surface area contributed by atoms with Gasteiger partial charge in [0.25, 0.3) is 11.8 Å². The van der Waals surface area contributed by atoms with E-state index in [1.54, 1.807) is 30.3 Å². The molecule has 0 aliphatic rings. The Kier molecular flexibility index (Phi) is 9.23. The molecule has 5 rings (SSSR count). The molecule has 0 fully saturated rings. The minimum Gasteiger partial charge on any atom is -0.483 e. The maximum absolute atomic E-state index is 12.7.